The minimum Gasteiger partial charge on any atom is -0.392 e. The van der Waals surface area contributed by atoms with E-state index >= 15 is 0 Å². The summed E-state index contributed by atoms with van der Waals surface area (Å²) in [5.41, 5.74) is 2.60. The zero-order chi connectivity index (χ0) is 18.9. The summed E-state index contributed by atoms with van der Waals surface area (Å²) in [5, 5.41) is 10.2. The number of hydrogen-bond acceptors (Lipinski definition) is 4. The normalized spacial score (nSPS) is 16.7. The molecule has 1 atom stereocenters. The molecule has 0 radical (unpaired) electrons. The van der Waals surface area contributed by atoms with Crippen LogP contribution >= 0.6 is 0 Å². The van der Waals surface area contributed by atoms with E-state index in [1.165, 1.54) is 11.3 Å². The van der Waals surface area contributed by atoms with Crippen LogP contribution in [0.25, 0.3) is 0 Å². The van der Waals surface area contributed by atoms with Crippen LogP contribution in [0.4, 0.5) is 0 Å². The molecule has 0 aliphatic carbocycles. The average molecular weight is 372 g/mol. The summed E-state index contributed by atoms with van der Waals surface area (Å²) in [6, 6.07) is 14.9. The van der Waals surface area contributed by atoms with E-state index in [1.54, 1.807) is 0 Å². The fourth-order valence-electron chi connectivity index (χ4n) is 3.53. The van der Waals surface area contributed by atoms with Crippen LogP contribution in [0.1, 0.15) is 24.6 Å². The van der Waals surface area contributed by atoms with Crippen molar-refractivity contribution in [3.05, 3.63) is 59.9 Å². The number of aliphatic hydroxyl groups excluding tert-OH is 1. The Morgan fingerprint density at radius 2 is 1.89 bits per heavy atom. The van der Waals surface area contributed by atoms with Gasteiger partial charge in [-0.15, -0.1) is 0 Å². The van der Waals surface area contributed by atoms with Crippen molar-refractivity contribution in [3.8, 4) is 0 Å². The number of hydrogen-bond donors (Lipinski definition) is 1. The van der Waals surface area contributed by atoms with Crippen molar-refractivity contribution in [1.29, 1.82) is 0 Å². The number of aromatic nitrogens is 1. The molecule has 148 valence electrons. The van der Waals surface area contributed by atoms with Crippen molar-refractivity contribution in [2.45, 2.75) is 32.5 Å². The van der Waals surface area contributed by atoms with E-state index in [4.69, 9.17) is 4.74 Å². The minimum absolute atomic E-state index is 0.271. The Morgan fingerprint density at radius 3 is 2.63 bits per heavy atom. The first kappa shape index (κ1) is 20.1. The molecule has 5 nitrogen and oxygen atoms in total. The van der Waals surface area contributed by atoms with Crippen molar-refractivity contribution < 1.29 is 9.84 Å². The Labute approximate surface area is 163 Å². The van der Waals surface area contributed by atoms with Gasteiger partial charge in [-0.3, -0.25) is 9.80 Å². The van der Waals surface area contributed by atoms with Gasteiger partial charge in [-0.25, -0.2) is 0 Å². The molecule has 1 aliphatic rings. The van der Waals surface area contributed by atoms with Crippen LogP contribution in [-0.2, 0) is 17.8 Å². The van der Waals surface area contributed by atoms with Gasteiger partial charge in [0, 0.05) is 57.7 Å². The van der Waals surface area contributed by atoms with Gasteiger partial charge >= 0.3 is 0 Å². The van der Waals surface area contributed by atoms with Gasteiger partial charge in [0.15, 0.2) is 0 Å². The van der Waals surface area contributed by atoms with E-state index in [9.17, 15) is 5.11 Å². The molecule has 1 unspecified atom stereocenters. The predicted octanol–water partition coefficient (Wildman–Crippen LogP) is 2.44. The molecule has 1 aromatic heterocycles. The molecule has 0 spiro atoms. The number of aliphatic hydroxyl groups is 1. The maximum absolute atomic E-state index is 10.2. The molecule has 27 heavy (non-hydrogen) atoms. The van der Waals surface area contributed by atoms with Crippen molar-refractivity contribution >= 4 is 0 Å². The molecule has 0 amide bonds. The molecule has 1 aliphatic heterocycles. The van der Waals surface area contributed by atoms with Gasteiger partial charge in [-0.05, 0) is 24.1 Å². The van der Waals surface area contributed by atoms with E-state index in [2.05, 4.69) is 63.0 Å². The third-order valence-corrected chi connectivity index (χ3v) is 5.28. The molecule has 2 aromatic rings. The summed E-state index contributed by atoms with van der Waals surface area (Å²) < 4.78 is 7.76. The predicted molar refractivity (Wildman–Crippen MR) is 109 cm³/mol. The fraction of sp³-hybridized carbons (Fsp3) is 0.545. The summed E-state index contributed by atoms with van der Waals surface area (Å²) >= 11 is 0. The second-order valence-corrected chi connectivity index (χ2v) is 7.36. The second kappa shape index (κ2) is 10.6. The molecule has 5 heteroatoms. The zero-order valence-corrected chi connectivity index (χ0v) is 16.5. The van der Waals surface area contributed by atoms with Gasteiger partial charge in [0.1, 0.15) is 0 Å². The highest BCUT2D eigenvalue weighted by Gasteiger charge is 2.16. The first-order chi connectivity index (χ1) is 13.2. The lowest BCUT2D eigenvalue weighted by Gasteiger charge is -2.31. The summed E-state index contributed by atoms with van der Waals surface area (Å²) in [6.45, 7) is 10.2. The smallest absolute Gasteiger partial charge is 0.0664 e. The van der Waals surface area contributed by atoms with Crippen molar-refractivity contribution in [3.63, 3.8) is 0 Å². The lowest BCUT2D eigenvalue weighted by molar-refractivity contribution is 0.0288. The van der Waals surface area contributed by atoms with Gasteiger partial charge in [0.05, 0.1) is 19.3 Å². The molecule has 1 fully saturated rings. The van der Waals surface area contributed by atoms with Crippen LogP contribution < -0.4 is 0 Å². The molecule has 3 rings (SSSR count). The summed E-state index contributed by atoms with van der Waals surface area (Å²) in [4.78, 5) is 4.85. The minimum atomic E-state index is -0.271. The standard InChI is InChI=1S/C22H33N3O2/c1-2-22(26)19-24(12-11-23-13-15-27-16-14-23)18-21-9-6-10-25(21)17-20-7-4-3-5-8-20/h3-10,22,26H,2,11-19H2,1H3. The van der Waals surface area contributed by atoms with Gasteiger partial charge in [-0.2, -0.15) is 0 Å². The van der Waals surface area contributed by atoms with Crippen LogP contribution in [0, 0.1) is 0 Å². The van der Waals surface area contributed by atoms with Crippen LogP contribution in [-0.4, -0.2) is 71.5 Å². The van der Waals surface area contributed by atoms with Gasteiger partial charge in [0.2, 0.25) is 0 Å². The molecule has 0 bridgehead atoms. The summed E-state index contributed by atoms with van der Waals surface area (Å²) in [7, 11) is 0. The SMILES string of the molecule is CCC(O)CN(CCN1CCOCC1)Cc1cccn1Cc1ccccc1. The number of ether oxygens (including phenoxy) is 1. The van der Waals surface area contributed by atoms with Gasteiger partial charge < -0.3 is 14.4 Å². The molecular formula is C22H33N3O2. The largest absolute Gasteiger partial charge is 0.392 e. The molecule has 1 N–H and O–H groups in total. The van der Waals surface area contributed by atoms with E-state index in [1.807, 2.05) is 6.92 Å². The van der Waals surface area contributed by atoms with E-state index in [-0.39, 0.29) is 6.10 Å². The molecule has 2 heterocycles. The number of morpholine rings is 1. The Bertz CT molecular complexity index is 653. The average Bonchev–Trinajstić information content (AvgIpc) is 3.14. The fourth-order valence-corrected chi connectivity index (χ4v) is 3.53. The lowest BCUT2D eigenvalue weighted by atomic mass is 10.2. The quantitative estimate of drug-likeness (QED) is 0.696. The Hall–Kier alpha value is -1.66. The maximum atomic E-state index is 10.2. The third kappa shape index (κ3) is 6.47. The van der Waals surface area contributed by atoms with Crippen LogP contribution in [0.15, 0.2) is 48.7 Å². The highest BCUT2D eigenvalue weighted by atomic mass is 16.5. The first-order valence-corrected chi connectivity index (χ1v) is 10.1. The zero-order valence-electron chi connectivity index (χ0n) is 16.5. The van der Waals surface area contributed by atoms with Crippen LogP contribution in [0.5, 0.6) is 0 Å². The lowest BCUT2D eigenvalue weighted by Crippen LogP contribution is -2.43. The van der Waals surface area contributed by atoms with Gasteiger partial charge in [0.25, 0.3) is 0 Å². The summed E-state index contributed by atoms with van der Waals surface area (Å²) in [6.07, 6.45) is 2.67. The van der Waals surface area contributed by atoms with E-state index in [0.717, 1.165) is 65.4 Å². The first-order valence-electron chi connectivity index (χ1n) is 10.1. The molecule has 1 aromatic carbocycles. The van der Waals surface area contributed by atoms with Crippen LogP contribution in [0.3, 0.4) is 0 Å². The van der Waals surface area contributed by atoms with Crippen molar-refractivity contribution in [2.75, 3.05) is 45.9 Å². The Balaban J connectivity index is 1.61. The third-order valence-electron chi connectivity index (χ3n) is 5.28. The molecule has 1 saturated heterocycles. The topological polar surface area (TPSA) is 40.9 Å². The van der Waals surface area contributed by atoms with Gasteiger partial charge in [-0.1, -0.05) is 37.3 Å². The number of nitrogens with zero attached hydrogens (tertiary/aromatic N) is 3. The number of benzene rings is 1. The van der Waals surface area contributed by atoms with E-state index in [0.29, 0.717) is 0 Å². The monoisotopic (exact) mass is 371 g/mol. The highest BCUT2D eigenvalue weighted by molar-refractivity contribution is 5.17. The van der Waals surface area contributed by atoms with Crippen molar-refractivity contribution in [1.82, 2.24) is 14.4 Å². The molecule has 0 saturated carbocycles. The maximum Gasteiger partial charge on any atom is 0.0664 e. The Morgan fingerprint density at radius 1 is 1.11 bits per heavy atom. The second-order valence-electron chi connectivity index (χ2n) is 7.36. The van der Waals surface area contributed by atoms with Crippen LogP contribution in [0.2, 0.25) is 0 Å². The van der Waals surface area contributed by atoms with Crippen molar-refractivity contribution in [2.24, 2.45) is 0 Å². The van der Waals surface area contributed by atoms with E-state index < -0.39 is 0 Å². The molecular weight excluding hydrogens is 338 g/mol. The highest BCUT2D eigenvalue weighted by Crippen LogP contribution is 2.12. The summed E-state index contributed by atoms with van der Waals surface area (Å²) in [5.74, 6) is 0. The number of rotatable bonds is 10. The Kier molecular flexibility index (Phi) is 7.90.